The topological polar surface area (TPSA) is 57.3 Å². The minimum absolute atomic E-state index is 0.126. The predicted octanol–water partition coefficient (Wildman–Crippen LogP) is 1.83. The summed E-state index contributed by atoms with van der Waals surface area (Å²) in [4.78, 5) is 18.1. The zero-order valence-electron chi connectivity index (χ0n) is 12.9. The van der Waals surface area contributed by atoms with Gasteiger partial charge >= 0.3 is 0 Å². The summed E-state index contributed by atoms with van der Waals surface area (Å²) in [7, 11) is 3.95. The molecule has 5 nitrogen and oxygen atoms in total. The minimum Gasteiger partial charge on any atom is -0.385 e. The average molecular weight is 278 g/mol. The maximum absolute atomic E-state index is 11.9. The summed E-state index contributed by atoms with van der Waals surface area (Å²) >= 11 is 0. The van der Waals surface area contributed by atoms with Crippen molar-refractivity contribution in [3.63, 3.8) is 0 Å². The van der Waals surface area contributed by atoms with Crippen molar-refractivity contribution in [3.05, 3.63) is 24.0 Å². The third kappa shape index (κ3) is 6.52. The van der Waals surface area contributed by atoms with E-state index in [1.54, 1.807) is 12.3 Å². The molecule has 0 bridgehead atoms. The number of amides is 1. The molecule has 0 unspecified atom stereocenters. The highest BCUT2D eigenvalue weighted by atomic mass is 16.1. The number of pyridine rings is 1. The number of carbonyl (C=O) groups excluding carboxylic acids is 1. The fourth-order valence-corrected chi connectivity index (χ4v) is 1.65. The number of likely N-dealkylation sites (N-methyl/N-ethyl adjacent to an activating group) is 1. The first-order valence-corrected chi connectivity index (χ1v) is 7.12. The van der Waals surface area contributed by atoms with Gasteiger partial charge in [0.2, 0.25) is 0 Å². The maximum atomic E-state index is 11.9. The number of hydrogen-bond donors (Lipinski definition) is 2. The largest absolute Gasteiger partial charge is 0.385 e. The molecule has 1 heterocycles. The standard InChI is InChI=1S/C15H26N4O/c1-12(2)5-7-16-13-6-8-17-14(11-13)15(20)18-9-10-19(3)4/h6,8,11-12H,5,7,9-10H2,1-4H3,(H,16,17)(H,18,20). The minimum atomic E-state index is -0.126. The van der Waals surface area contributed by atoms with Crippen LogP contribution in [0, 0.1) is 5.92 Å². The number of aromatic nitrogens is 1. The lowest BCUT2D eigenvalue weighted by molar-refractivity contribution is 0.0946. The van der Waals surface area contributed by atoms with Gasteiger partial charge in [-0.3, -0.25) is 9.78 Å². The van der Waals surface area contributed by atoms with Crippen LogP contribution < -0.4 is 10.6 Å². The van der Waals surface area contributed by atoms with Gasteiger partial charge in [0.15, 0.2) is 0 Å². The van der Waals surface area contributed by atoms with Gasteiger partial charge in [-0.15, -0.1) is 0 Å². The highest BCUT2D eigenvalue weighted by molar-refractivity contribution is 5.93. The molecule has 112 valence electrons. The molecule has 1 aromatic rings. The zero-order valence-corrected chi connectivity index (χ0v) is 12.9. The number of carbonyl (C=O) groups is 1. The van der Waals surface area contributed by atoms with E-state index in [1.165, 1.54) is 0 Å². The van der Waals surface area contributed by atoms with Gasteiger partial charge in [-0.1, -0.05) is 13.8 Å². The van der Waals surface area contributed by atoms with Crippen molar-refractivity contribution in [3.8, 4) is 0 Å². The summed E-state index contributed by atoms with van der Waals surface area (Å²) in [6.45, 7) is 6.73. The maximum Gasteiger partial charge on any atom is 0.269 e. The van der Waals surface area contributed by atoms with Crippen molar-refractivity contribution in [1.82, 2.24) is 15.2 Å². The van der Waals surface area contributed by atoms with Crippen LogP contribution in [0.3, 0.4) is 0 Å². The summed E-state index contributed by atoms with van der Waals surface area (Å²) in [6.07, 6.45) is 2.77. The molecule has 0 atom stereocenters. The SMILES string of the molecule is CC(C)CCNc1ccnc(C(=O)NCCN(C)C)c1. The molecular weight excluding hydrogens is 252 g/mol. The molecule has 20 heavy (non-hydrogen) atoms. The second-order valence-electron chi connectivity index (χ2n) is 5.60. The van der Waals surface area contributed by atoms with Crippen LogP contribution in [0.2, 0.25) is 0 Å². The average Bonchev–Trinajstić information content (AvgIpc) is 2.38. The number of anilines is 1. The summed E-state index contributed by atoms with van der Waals surface area (Å²) in [5.41, 5.74) is 1.40. The second-order valence-corrected chi connectivity index (χ2v) is 5.60. The molecule has 0 fully saturated rings. The molecule has 0 spiro atoms. The number of nitrogens with zero attached hydrogens (tertiary/aromatic N) is 2. The van der Waals surface area contributed by atoms with E-state index >= 15 is 0 Å². The number of rotatable bonds is 8. The van der Waals surface area contributed by atoms with E-state index < -0.39 is 0 Å². The van der Waals surface area contributed by atoms with Crippen molar-refractivity contribution >= 4 is 11.6 Å². The van der Waals surface area contributed by atoms with Gasteiger partial charge in [-0.25, -0.2) is 0 Å². The van der Waals surface area contributed by atoms with Gasteiger partial charge in [0.05, 0.1) is 0 Å². The fraction of sp³-hybridized carbons (Fsp3) is 0.600. The van der Waals surface area contributed by atoms with Gasteiger partial charge in [-0.2, -0.15) is 0 Å². The molecular formula is C15H26N4O. The molecule has 2 N–H and O–H groups in total. The van der Waals surface area contributed by atoms with E-state index in [0.29, 0.717) is 18.2 Å². The Kier molecular flexibility index (Phi) is 7.01. The smallest absolute Gasteiger partial charge is 0.269 e. The molecule has 1 aromatic heterocycles. The van der Waals surface area contributed by atoms with Gasteiger partial charge in [0, 0.05) is 31.5 Å². The molecule has 1 rings (SSSR count). The monoisotopic (exact) mass is 278 g/mol. The molecule has 0 saturated carbocycles. The van der Waals surface area contributed by atoms with Gasteiger partial charge in [-0.05, 0) is 38.6 Å². The Balaban J connectivity index is 2.47. The summed E-state index contributed by atoms with van der Waals surface area (Å²) < 4.78 is 0. The highest BCUT2D eigenvalue weighted by Crippen LogP contribution is 2.09. The van der Waals surface area contributed by atoms with Gasteiger partial charge in [0.25, 0.3) is 5.91 Å². The lowest BCUT2D eigenvalue weighted by Crippen LogP contribution is -2.31. The Morgan fingerprint density at radius 2 is 2.10 bits per heavy atom. The van der Waals surface area contributed by atoms with Crippen LogP contribution in [0.5, 0.6) is 0 Å². The Hall–Kier alpha value is -1.62. The van der Waals surface area contributed by atoms with E-state index in [9.17, 15) is 4.79 Å². The summed E-state index contributed by atoms with van der Waals surface area (Å²) in [5.74, 6) is 0.539. The molecule has 0 aromatic carbocycles. The van der Waals surface area contributed by atoms with Crippen LogP contribution in [0.15, 0.2) is 18.3 Å². The molecule has 0 aliphatic heterocycles. The predicted molar refractivity (Wildman–Crippen MR) is 83.1 cm³/mol. The lowest BCUT2D eigenvalue weighted by atomic mass is 10.1. The van der Waals surface area contributed by atoms with Crippen LogP contribution in [-0.4, -0.2) is 49.5 Å². The fourth-order valence-electron chi connectivity index (χ4n) is 1.65. The van der Waals surface area contributed by atoms with E-state index in [4.69, 9.17) is 0 Å². The third-order valence-electron chi connectivity index (χ3n) is 2.89. The molecule has 0 aliphatic rings. The number of hydrogen-bond acceptors (Lipinski definition) is 4. The Morgan fingerprint density at radius 3 is 2.75 bits per heavy atom. The molecule has 1 amide bonds. The van der Waals surface area contributed by atoms with Crippen molar-refractivity contribution in [1.29, 1.82) is 0 Å². The van der Waals surface area contributed by atoms with Crippen LogP contribution >= 0.6 is 0 Å². The summed E-state index contributed by atoms with van der Waals surface area (Å²) in [6, 6.07) is 3.68. The third-order valence-corrected chi connectivity index (χ3v) is 2.89. The highest BCUT2D eigenvalue weighted by Gasteiger charge is 2.07. The normalized spacial score (nSPS) is 10.9. The van der Waals surface area contributed by atoms with Crippen molar-refractivity contribution in [2.75, 3.05) is 39.0 Å². The Morgan fingerprint density at radius 1 is 1.35 bits per heavy atom. The zero-order chi connectivity index (χ0) is 15.0. The first-order chi connectivity index (χ1) is 9.49. The lowest BCUT2D eigenvalue weighted by Gasteiger charge is -2.11. The van der Waals surface area contributed by atoms with Gasteiger partial charge < -0.3 is 15.5 Å². The van der Waals surface area contributed by atoms with Crippen molar-refractivity contribution in [2.24, 2.45) is 5.92 Å². The van der Waals surface area contributed by atoms with E-state index in [2.05, 4.69) is 29.5 Å². The van der Waals surface area contributed by atoms with Gasteiger partial charge in [0.1, 0.15) is 5.69 Å². The van der Waals surface area contributed by atoms with Crippen LogP contribution in [0.1, 0.15) is 30.8 Å². The second kappa shape index (κ2) is 8.53. The molecule has 0 radical (unpaired) electrons. The van der Waals surface area contributed by atoms with E-state index in [-0.39, 0.29) is 5.91 Å². The molecule has 5 heteroatoms. The van der Waals surface area contributed by atoms with E-state index in [1.807, 2.05) is 25.1 Å². The van der Waals surface area contributed by atoms with Crippen LogP contribution in [0.4, 0.5) is 5.69 Å². The molecule has 0 saturated heterocycles. The summed E-state index contributed by atoms with van der Waals surface area (Å²) in [5, 5.41) is 6.18. The number of nitrogens with one attached hydrogen (secondary N) is 2. The van der Waals surface area contributed by atoms with Crippen molar-refractivity contribution in [2.45, 2.75) is 20.3 Å². The van der Waals surface area contributed by atoms with Crippen molar-refractivity contribution < 1.29 is 4.79 Å². The Labute approximate surface area is 121 Å². The first-order valence-electron chi connectivity index (χ1n) is 7.12. The first kappa shape index (κ1) is 16.4. The van der Waals surface area contributed by atoms with Crippen LogP contribution in [0.25, 0.3) is 0 Å². The Bertz CT molecular complexity index is 418. The van der Waals surface area contributed by atoms with E-state index in [0.717, 1.165) is 25.2 Å². The van der Waals surface area contributed by atoms with Crippen LogP contribution in [-0.2, 0) is 0 Å². The molecule has 0 aliphatic carbocycles. The quantitative estimate of drug-likeness (QED) is 0.762.